The summed E-state index contributed by atoms with van der Waals surface area (Å²) in [5.74, 6) is 2.29. The number of nitrogens with zero attached hydrogens (tertiary/aromatic N) is 2. The third-order valence-electron chi connectivity index (χ3n) is 3.00. The molecule has 0 unspecified atom stereocenters. The number of ether oxygens (including phenoxy) is 2. The molecule has 1 N–H and O–H groups in total. The van der Waals surface area contributed by atoms with Gasteiger partial charge in [0.2, 0.25) is 0 Å². The normalized spacial score (nSPS) is 12.6. The molecule has 1 aliphatic heterocycles. The molecule has 20 heavy (non-hydrogen) atoms. The molecule has 2 aromatic rings. The van der Waals surface area contributed by atoms with Gasteiger partial charge in [-0.2, -0.15) is 5.26 Å². The van der Waals surface area contributed by atoms with E-state index in [-0.39, 0.29) is 0 Å². The maximum Gasteiger partial charge on any atom is 0.166 e. The summed E-state index contributed by atoms with van der Waals surface area (Å²) in [6.45, 7) is 1.74. The number of benzene rings is 1. The third kappa shape index (κ3) is 2.50. The van der Waals surface area contributed by atoms with Crippen molar-refractivity contribution in [2.45, 2.75) is 6.54 Å². The second-order valence-electron chi connectivity index (χ2n) is 4.34. The Morgan fingerprint density at radius 3 is 2.90 bits per heavy atom. The molecule has 0 aliphatic carbocycles. The van der Waals surface area contributed by atoms with E-state index in [1.807, 2.05) is 24.3 Å². The lowest BCUT2D eigenvalue weighted by atomic mass is 10.1. The highest BCUT2D eigenvalue weighted by Crippen LogP contribution is 2.33. The lowest BCUT2D eigenvalue weighted by Crippen LogP contribution is -2.17. The average molecular weight is 267 g/mol. The van der Waals surface area contributed by atoms with Gasteiger partial charge in [0.1, 0.15) is 25.1 Å². The maximum absolute atomic E-state index is 8.73. The molecule has 100 valence electrons. The predicted molar refractivity (Wildman–Crippen MR) is 73.7 cm³/mol. The van der Waals surface area contributed by atoms with E-state index in [9.17, 15) is 0 Å². The smallest absolute Gasteiger partial charge is 0.166 e. The summed E-state index contributed by atoms with van der Waals surface area (Å²) in [5, 5.41) is 11.9. The van der Waals surface area contributed by atoms with Crippen molar-refractivity contribution in [1.29, 1.82) is 5.26 Å². The highest BCUT2D eigenvalue weighted by molar-refractivity contribution is 5.49. The van der Waals surface area contributed by atoms with E-state index in [4.69, 9.17) is 14.7 Å². The van der Waals surface area contributed by atoms with Crippen LogP contribution in [0.3, 0.4) is 0 Å². The number of rotatable bonds is 3. The lowest BCUT2D eigenvalue weighted by molar-refractivity contribution is 0.170. The SMILES string of the molecule is N#Cc1ccc(NCc2cccc3c2OCCO3)nc1. The topological polar surface area (TPSA) is 67.2 Å². The maximum atomic E-state index is 8.73. The fourth-order valence-corrected chi connectivity index (χ4v) is 2.02. The quantitative estimate of drug-likeness (QED) is 0.924. The van der Waals surface area contributed by atoms with Gasteiger partial charge < -0.3 is 14.8 Å². The van der Waals surface area contributed by atoms with Gasteiger partial charge in [-0.15, -0.1) is 0 Å². The molecule has 0 radical (unpaired) electrons. The summed E-state index contributed by atoms with van der Waals surface area (Å²) in [6.07, 6.45) is 1.54. The Hall–Kier alpha value is -2.74. The summed E-state index contributed by atoms with van der Waals surface area (Å²) < 4.78 is 11.2. The van der Waals surface area contributed by atoms with Crippen LogP contribution in [-0.4, -0.2) is 18.2 Å². The molecule has 5 nitrogen and oxygen atoms in total. The Bertz CT molecular complexity index is 647. The molecule has 5 heteroatoms. The number of fused-ring (bicyclic) bond motifs is 1. The van der Waals surface area contributed by atoms with Crippen molar-refractivity contribution in [2.24, 2.45) is 0 Å². The number of hydrogen-bond donors (Lipinski definition) is 1. The first-order chi connectivity index (χ1) is 9.86. The van der Waals surface area contributed by atoms with E-state index in [0.717, 1.165) is 22.9 Å². The molecule has 0 fully saturated rings. The van der Waals surface area contributed by atoms with Gasteiger partial charge in [0.15, 0.2) is 11.5 Å². The van der Waals surface area contributed by atoms with Gasteiger partial charge in [0.05, 0.1) is 5.56 Å². The van der Waals surface area contributed by atoms with Crippen LogP contribution < -0.4 is 14.8 Å². The van der Waals surface area contributed by atoms with Crippen LogP contribution in [-0.2, 0) is 6.54 Å². The Labute approximate surface area is 116 Å². The first-order valence-corrected chi connectivity index (χ1v) is 6.34. The molecule has 0 bridgehead atoms. The summed E-state index contributed by atoms with van der Waals surface area (Å²) in [5.41, 5.74) is 1.57. The van der Waals surface area contributed by atoms with Gasteiger partial charge in [-0.25, -0.2) is 4.98 Å². The highest BCUT2D eigenvalue weighted by Gasteiger charge is 2.15. The standard InChI is InChI=1S/C15H13N3O2/c16-8-11-4-5-14(17-9-11)18-10-12-2-1-3-13-15(12)20-7-6-19-13/h1-5,9H,6-7,10H2,(H,17,18). The van der Waals surface area contributed by atoms with Gasteiger partial charge in [-0.3, -0.25) is 0 Å². The second-order valence-corrected chi connectivity index (χ2v) is 4.34. The zero-order valence-corrected chi connectivity index (χ0v) is 10.8. The molecule has 0 saturated carbocycles. The molecule has 1 aromatic heterocycles. The largest absolute Gasteiger partial charge is 0.486 e. The van der Waals surface area contributed by atoms with Crippen LogP contribution in [0.2, 0.25) is 0 Å². The van der Waals surface area contributed by atoms with E-state index >= 15 is 0 Å². The summed E-state index contributed by atoms with van der Waals surface area (Å²) in [6, 6.07) is 11.4. The Kier molecular flexibility index (Phi) is 3.38. The van der Waals surface area contributed by atoms with Crippen molar-refractivity contribution in [2.75, 3.05) is 18.5 Å². The van der Waals surface area contributed by atoms with Crippen molar-refractivity contribution in [3.8, 4) is 17.6 Å². The number of aromatic nitrogens is 1. The van der Waals surface area contributed by atoms with Crippen LogP contribution in [0.25, 0.3) is 0 Å². The molecule has 0 atom stereocenters. The fourth-order valence-electron chi connectivity index (χ4n) is 2.02. The van der Waals surface area contributed by atoms with Crippen LogP contribution in [0, 0.1) is 11.3 Å². The number of anilines is 1. The van der Waals surface area contributed by atoms with Crippen LogP contribution in [0.5, 0.6) is 11.5 Å². The van der Waals surface area contributed by atoms with Crippen LogP contribution in [0.1, 0.15) is 11.1 Å². The number of para-hydroxylation sites is 1. The van der Waals surface area contributed by atoms with E-state index in [1.54, 1.807) is 18.3 Å². The van der Waals surface area contributed by atoms with Crippen LogP contribution in [0.15, 0.2) is 36.5 Å². The van der Waals surface area contributed by atoms with Crippen molar-refractivity contribution in [3.05, 3.63) is 47.7 Å². The van der Waals surface area contributed by atoms with Crippen molar-refractivity contribution < 1.29 is 9.47 Å². The lowest BCUT2D eigenvalue weighted by Gasteiger charge is -2.21. The first kappa shape index (κ1) is 12.3. The predicted octanol–water partition coefficient (Wildman–Crippen LogP) is 2.34. The summed E-state index contributed by atoms with van der Waals surface area (Å²) >= 11 is 0. The molecular weight excluding hydrogens is 254 g/mol. The molecule has 0 saturated heterocycles. The van der Waals surface area contributed by atoms with E-state index in [2.05, 4.69) is 10.3 Å². The molecular formula is C15H13N3O2. The number of pyridine rings is 1. The second kappa shape index (κ2) is 5.49. The van der Waals surface area contributed by atoms with E-state index in [1.165, 1.54) is 0 Å². The number of hydrogen-bond acceptors (Lipinski definition) is 5. The minimum absolute atomic E-state index is 0.546. The third-order valence-corrected chi connectivity index (χ3v) is 3.00. The van der Waals surface area contributed by atoms with Crippen LogP contribution in [0.4, 0.5) is 5.82 Å². The molecule has 1 aromatic carbocycles. The Morgan fingerprint density at radius 1 is 1.20 bits per heavy atom. The number of nitrogens with one attached hydrogen (secondary N) is 1. The van der Waals surface area contributed by atoms with Gasteiger partial charge in [-0.1, -0.05) is 12.1 Å². The monoisotopic (exact) mass is 267 g/mol. The molecule has 0 amide bonds. The molecule has 0 spiro atoms. The van der Waals surface area contributed by atoms with Gasteiger partial charge >= 0.3 is 0 Å². The average Bonchev–Trinajstić information content (AvgIpc) is 2.53. The molecule has 2 heterocycles. The van der Waals surface area contributed by atoms with Crippen molar-refractivity contribution >= 4 is 5.82 Å². The Morgan fingerprint density at radius 2 is 2.10 bits per heavy atom. The van der Waals surface area contributed by atoms with Crippen molar-refractivity contribution in [1.82, 2.24) is 4.98 Å². The van der Waals surface area contributed by atoms with Gasteiger partial charge in [0.25, 0.3) is 0 Å². The zero-order chi connectivity index (χ0) is 13.8. The highest BCUT2D eigenvalue weighted by atomic mass is 16.6. The first-order valence-electron chi connectivity index (χ1n) is 6.34. The van der Waals surface area contributed by atoms with Gasteiger partial charge in [-0.05, 0) is 18.2 Å². The fraction of sp³-hybridized carbons (Fsp3) is 0.200. The molecule has 3 rings (SSSR count). The summed E-state index contributed by atoms with van der Waals surface area (Å²) in [7, 11) is 0. The zero-order valence-electron chi connectivity index (χ0n) is 10.8. The summed E-state index contributed by atoms with van der Waals surface area (Å²) in [4.78, 5) is 4.17. The van der Waals surface area contributed by atoms with Gasteiger partial charge in [0, 0.05) is 18.3 Å². The van der Waals surface area contributed by atoms with E-state index in [0.29, 0.717) is 25.3 Å². The minimum Gasteiger partial charge on any atom is -0.486 e. The Balaban J connectivity index is 1.73. The van der Waals surface area contributed by atoms with Crippen molar-refractivity contribution in [3.63, 3.8) is 0 Å². The van der Waals surface area contributed by atoms with Crippen LogP contribution >= 0.6 is 0 Å². The van der Waals surface area contributed by atoms with E-state index < -0.39 is 0 Å². The molecule has 1 aliphatic rings. The number of nitriles is 1. The minimum atomic E-state index is 0.546.